The Balaban J connectivity index is 1.72. The first kappa shape index (κ1) is 21.2. The van der Waals surface area contributed by atoms with Gasteiger partial charge in [0.15, 0.2) is 0 Å². The van der Waals surface area contributed by atoms with Crippen molar-refractivity contribution in [1.29, 1.82) is 0 Å². The van der Waals surface area contributed by atoms with Gasteiger partial charge in [-0.05, 0) is 38.8 Å². The van der Waals surface area contributed by atoms with Gasteiger partial charge in [-0.1, -0.05) is 31.4 Å². The van der Waals surface area contributed by atoms with Crippen molar-refractivity contribution in [2.45, 2.75) is 57.7 Å². The van der Waals surface area contributed by atoms with Crippen molar-refractivity contribution < 1.29 is 14.6 Å². The zero-order valence-electron chi connectivity index (χ0n) is 18.5. The van der Waals surface area contributed by atoms with E-state index in [9.17, 15) is 9.90 Å². The Labute approximate surface area is 179 Å². The first-order valence-corrected chi connectivity index (χ1v) is 11.3. The largest absolute Gasteiger partial charge is 0.495 e. The number of fused-ring (bicyclic) bond motifs is 1. The Hall–Kier alpha value is -2.05. The molecule has 1 aliphatic heterocycles. The zero-order chi connectivity index (χ0) is 21.3. The fourth-order valence-electron chi connectivity index (χ4n) is 5.23. The second kappa shape index (κ2) is 8.98. The summed E-state index contributed by atoms with van der Waals surface area (Å²) in [5.74, 6) is 1.47. The molecule has 0 bridgehead atoms. The van der Waals surface area contributed by atoms with Gasteiger partial charge in [-0.15, -0.1) is 0 Å². The molecule has 1 N–H and O–H groups in total. The highest BCUT2D eigenvalue weighted by Crippen LogP contribution is 2.34. The number of ether oxygens (including phenoxy) is 1. The van der Waals surface area contributed by atoms with E-state index in [-0.39, 0.29) is 11.9 Å². The van der Waals surface area contributed by atoms with Crippen LogP contribution in [0.15, 0.2) is 24.4 Å². The third-order valence-corrected chi connectivity index (χ3v) is 6.93. The van der Waals surface area contributed by atoms with Crippen LogP contribution in [0.25, 0.3) is 10.9 Å². The zero-order valence-corrected chi connectivity index (χ0v) is 18.5. The van der Waals surface area contributed by atoms with Crippen LogP contribution >= 0.6 is 0 Å². The number of carbonyl (C=O) groups is 1. The third-order valence-electron chi connectivity index (χ3n) is 6.93. The molecule has 1 aliphatic carbocycles. The average molecular weight is 414 g/mol. The Kier molecular flexibility index (Phi) is 6.34. The minimum atomic E-state index is -0.568. The summed E-state index contributed by atoms with van der Waals surface area (Å²) >= 11 is 0. The molecule has 2 heterocycles. The van der Waals surface area contributed by atoms with Crippen molar-refractivity contribution in [2.24, 2.45) is 5.92 Å². The summed E-state index contributed by atoms with van der Waals surface area (Å²) < 4.78 is 7.92. The first-order chi connectivity index (χ1) is 14.5. The fourth-order valence-corrected chi connectivity index (χ4v) is 5.23. The molecule has 0 radical (unpaired) electrons. The molecule has 6 nitrogen and oxygen atoms in total. The van der Waals surface area contributed by atoms with Gasteiger partial charge in [0.25, 0.3) is 5.91 Å². The molecule has 2 aliphatic rings. The number of methoxy groups -OCH3 is 1. The number of carbonyl (C=O) groups excluding carboxylic acids is 1. The van der Waals surface area contributed by atoms with Gasteiger partial charge in [0.2, 0.25) is 0 Å². The number of nitrogens with zero attached hydrogens (tertiary/aromatic N) is 3. The molecule has 1 saturated heterocycles. The van der Waals surface area contributed by atoms with E-state index in [0.717, 1.165) is 35.3 Å². The average Bonchev–Trinajstić information content (AvgIpc) is 3.12. The van der Waals surface area contributed by atoms with E-state index >= 15 is 0 Å². The molecule has 1 aromatic heterocycles. The van der Waals surface area contributed by atoms with Crippen molar-refractivity contribution in [2.75, 3.05) is 33.8 Å². The number of benzene rings is 1. The molecule has 164 valence electrons. The van der Waals surface area contributed by atoms with Crippen LogP contribution in [0, 0.1) is 5.92 Å². The Morgan fingerprint density at radius 1 is 1.23 bits per heavy atom. The van der Waals surface area contributed by atoms with Crippen molar-refractivity contribution in [3.8, 4) is 5.75 Å². The number of amides is 1. The van der Waals surface area contributed by atoms with Gasteiger partial charge in [-0.2, -0.15) is 0 Å². The smallest absolute Gasteiger partial charge is 0.256 e. The third kappa shape index (κ3) is 4.08. The van der Waals surface area contributed by atoms with E-state index in [1.165, 1.54) is 32.1 Å². The lowest BCUT2D eigenvalue weighted by Gasteiger charge is -2.41. The van der Waals surface area contributed by atoms with E-state index in [1.807, 2.05) is 36.3 Å². The fraction of sp³-hybridized carbons (Fsp3) is 0.625. The molecule has 4 rings (SSSR count). The van der Waals surface area contributed by atoms with Crippen molar-refractivity contribution >= 4 is 16.8 Å². The van der Waals surface area contributed by atoms with Gasteiger partial charge in [-0.3, -0.25) is 4.79 Å². The SMILES string of the molecule is COc1cccc2c(C(=O)N3CCN(C)C[C@H]3[C@@H](C)O)cn(CC3CCCCC3)c12. The van der Waals surface area contributed by atoms with Gasteiger partial charge < -0.3 is 24.2 Å². The molecule has 6 heteroatoms. The van der Waals surface area contributed by atoms with E-state index in [2.05, 4.69) is 9.47 Å². The van der Waals surface area contributed by atoms with Crippen LogP contribution in [0.1, 0.15) is 49.4 Å². The number of likely N-dealkylation sites (N-methyl/N-ethyl adjacent to an activating group) is 1. The maximum absolute atomic E-state index is 13.7. The second-order valence-corrected chi connectivity index (χ2v) is 9.12. The molecule has 2 aromatic rings. The summed E-state index contributed by atoms with van der Waals surface area (Å²) in [5.41, 5.74) is 1.73. The number of para-hydroxylation sites is 1. The highest BCUT2D eigenvalue weighted by atomic mass is 16.5. The van der Waals surface area contributed by atoms with E-state index < -0.39 is 6.10 Å². The Morgan fingerprint density at radius 3 is 2.70 bits per heavy atom. The molecular formula is C24H35N3O3. The van der Waals surface area contributed by atoms with Gasteiger partial charge in [0.05, 0.1) is 30.3 Å². The molecule has 1 saturated carbocycles. The summed E-state index contributed by atoms with van der Waals surface area (Å²) in [6.45, 7) is 4.84. The first-order valence-electron chi connectivity index (χ1n) is 11.3. The van der Waals surface area contributed by atoms with E-state index in [1.54, 1.807) is 14.0 Å². The molecule has 2 atom stereocenters. The number of aromatic nitrogens is 1. The van der Waals surface area contributed by atoms with Crippen LogP contribution in [-0.4, -0.2) is 71.3 Å². The second-order valence-electron chi connectivity index (χ2n) is 9.12. The minimum absolute atomic E-state index is 0.00893. The maximum Gasteiger partial charge on any atom is 0.256 e. The van der Waals surface area contributed by atoms with Crippen LogP contribution in [0.3, 0.4) is 0 Å². The van der Waals surface area contributed by atoms with Crippen molar-refractivity contribution in [1.82, 2.24) is 14.4 Å². The highest BCUT2D eigenvalue weighted by Gasteiger charge is 2.34. The number of hydrogen-bond acceptors (Lipinski definition) is 4. The standard InChI is InChI=1S/C24H35N3O3/c1-17(28)21-16-25(2)12-13-27(21)24(29)20-15-26(14-18-8-5-4-6-9-18)23-19(20)10-7-11-22(23)30-3/h7,10-11,15,17-18,21,28H,4-6,8-9,12-14,16H2,1-3H3/t17-,21+/m1/s1. The van der Waals surface area contributed by atoms with E-state index in [0.29, 0.717) is 19.0 Å². The molecule has 30 heavy (non-hydrogen) atoms. The summed E-state index contributed by atoms with van der Waals surface area (Å²) in [7, 11) is 3.73. The van der Waals surface area contributed by atoms with Crippen LogP contribution in [0.2, 0.25) is 0 Å². The van der Waals surface area contributed by atoms with Crippen LogP contribution < -0.4 is 4.74 Å². The topological polar surface area (TPSA) is 57.9 Å². The number of rotatable bonds is 5. The monoisotopic (exact) mass is 413 g/mol. The summed E-state index contributed by atoms with van der Waals surface area (Å²) in [6.07, 6.45) is 7.89. The van der Waals surface area contributed by atoms with Gasteiger partial charge in [-0.25, -0.2) is 0 Å². The lowest BCUT2D eigenvalue weighted by Crippen LogP contribution is -2.57. The predicted molar refractivity (Wildman–Crippen MR) is 119 cm³/mol. The van der Waals surface area contributed by atoms with Crippen molar-refractivity contribution in [3.63, 3.8) is 0 Å². The number of aliphatic hydroxyl groups is 1. The normalized spacial score (nSPS) is 22.4. The summed E-state index contributed by atoms with van der Waals surface area (Å²) in [5, 5.41) is 11.3. The Bertz CT molecular complexity index is 885. The number of aliphatic hydroxyl groups excluding tert-OH is 1. The van der Waals surface area contributed by atoms with Gasteiger partial charge in [0.1, 0.15) is 5.75 Å². The maximum atomic E-state index is 13.7. The molecule has 0 unspecified atom stereocenters. The highest BCUT2D eigenvalue weighted by molar-refractivity contribution is 6.08. The van der Waals surface area contributed by atoms with Crippen LogP contribution in [0.5, 0.6) is 5.75 Å². The quantitative estimate of drug-likeness (QED) is 0.817. The number of piperazine rings is 1. The van der Waals surface area contributed by atoms with Crippen molar-refractivity contribution in [3.05, 3.63) is 30.0 Å². The van der Waals surface area contributed by atoms with Crippen LogP contribution in [-0.2, 0) is 6.54 Å². The summed E-state index contributed by atoms with van der Waals surface area (Å²) in [4.78, 5) is 17.7. The predicted octanol–water partition coefficient (Wildman–Crippen LogP) is 3.37. The molecule has 2 fully saturated rings. The summed E-state index contributed by atoms with van der Waals surface area (Å²) in [6, 6.07) is 5.76. The van der Waals surface area contributed by atoms with Crippen LogP contribution in [0.4, 0.5) is 0 Å². The Morgan fingerprint density at radius 2 is 2.00 bits per heavy atom. The molecular weight excluding hydrogens is 378 g/mol. The van der Waals surface area contributed by atoms with Gasteiger partial charge >= 0.3 is 0 Å². The molecule has 0 spiro atoms. The lowest BCUT2D eigenvalue weighted by atomic mass is 9.89. The van der Waals surface area contributed by atoms with E-state index in [4.69, 9.17) is 4.74 Å². The molecule has 1 aromatic carbocycles. The molecule has 1 amide bonds. The number of hydrogen-bond donors (Lipinski definition) is 1. The minimum Gasteiger partial charge on any atom is -0.495 e. The lowest BCUT2D eigenvalue weighted by molar-refractivity contribution is 0.0107. The van der Waals surface area contributed by atoms with Gasteiger partial charge in [0, 0.05) is 37.8 Å².